The maximum Gasteiger partial charge on any atom is 0.327 e. The standard InChI is InChI=1S/C18H23N3O5/c1-6-26-16(22)10-21-12(3)17(11(2)20-21)19-18(23)13-7-8-14(24-4)15(9-13)25-5/h7-9H,6,10H2,1-5H3,(H,19,23). The van der Waals surface area contributed by atoms with Crippen LogP contribution in [0.5, 0.6) is 11.5 Å². The first-order valence-corrected chi connectivity index (χ1v) is 8.14. The predicted molar refractivity (Wildman–Crippen MR) is 95.8 cm³/mol. The summed E-state index contributed by atoms with van der Waals surface area (Å²) >= 11 is 0. The summed E-state index contributed by atoms with van der Waals surface area (Å²) in [6, 6.07) is 4.91. The predicted octanol–water partition coefficient (Wildman–Crippen LogP) is 2.33. The van der Waals surface area contributed by atoms with Crippen molar-refractivity contribution in [3.63, 3.8) is 0 Å². The van der Waals surface area contributed by atoms with Crippen LogP contribution in [0, 0.1) is 13.8 Å². The van der Waals surface area contributed by atoms with E-state index in [-0.39, 0.29) is 18.4 Å². The lowest BCUT2D eigenvalue weighted by molar-refractivity contribution is -0.144. The molecule has 1 aromatic carbocycles. The van der Waals surface area contributed by atoms with Gasteiger partial charge in [0.1, 0.15) is 6.54 Å². The zero-order valence-corrected chi connectivity index (χ0v) is 15.6. The smallest absolute Gasteiger partial charge is 0.327 e. The Morgan fingerprint density at radius 1 is 1.15 bits per heavy atom. The molecule has 1 heterocycles. The van der Waals surface area contributed by atoms with Crippen LogP contribution in [0.1, 0.15) is 28.7 Å². The molecule has 0 aliphatic rings. The minimum Gasteiger partial charge on any atom is -0.493 e. The first-order valence-electron chi connectivity index (χ1n) is 8.14. The second-order valence-electron chi connectivity index (χ2n) is 5.53. The first-order chi connectivity index (χ1) is 12.4. The number of nitrogens with zero attached hydrogens (tertiary/aromatic N) is 2. The highest BCUT2D eigenvalue weighted by Crippen LogP contribution is 2.28. The van der Waals surface area contributed by atoms with Gasteiger partial charge in [-0.25, -0.2) is 0 Å². The molecule has 1 N–H and O–H groups in total. The van der Waals surface area contributed by atoms with Gasteiger partial charge in [-0.15, -0.1) is 0 Å². The van der Waals surface area contributed by atoms with Gasteiger partial charge in [-0.1, -0.05) is 0 Å². The fraction of sp³-hybridized carbons (Fsp3) is 0.389. The zero-order chi connectivity index (χ0) is 19.3. The summed E-state index contributed by atoms with van der Waals surface area (Å²) in [5.41, 5.74) is 2.26. The maximum absolute atomic E-state index is 12.6. The number of hydrogen-bond donors (Lipinski definition) is 1. The van der Waals surface area contributed by atoms with Gasteiger partial charge in [0.15, 0.2) is 11.5 Å². The molecular formula is C18H23N3O5. The van der Waals surface area contributed by atoms with Crippen molar-refractivity contribution in [3.8, 4) is 11.5 Å². The first kappa shape index (κ1) is 19.3. The molecular weight excluding hydrogens is 338 g/mol. The van der Waals surface area contributed by atoms with Crippen LogP contribution in [0.2, 0.25) is 0 Å². The van der Waals surface area contributed by atoms with Crippen molar-refractivity contribution in [1.82, 2.24) is 9.78 Å². The van der Waals surface area contributed by atoms with E-state index in [2.05, 4.69) is 10.4 Å². The Balaban J connectivity index is 2.21. The van der Waals surface area contributed by atoms with Crippen LogP contribution in [-0.4, -0.2) is 42.5 Å². The molecule has 8 heteroatoms. The molecule has 2 aromatic rings. The lowest BCUT2D eigenvalue weighted by Gasteiger charge is -2.10. The topological polar surface area (TPSA) is 91.7 Å². The van der Waals surface area contributed by atoms with Crippen LogP contribution in [0.4, 0.5) is 5.69 Å². The highest BCUT2D eigenvalue weighted by molar-refractivity contribution is 6.05. The van der Waals surface area contributed by atoms with Gasteiger partial charge in [0.05, 0.1) is 37.9 Å². The molecule has 0 saturated carbocycles. The average molecular weight is 361 g/mol. The third-order valence-electron chi connectivity index (χ3n) is 3.85. The Morgan fingerprint density at radius 2 is 1.85 bits per heavy atom. The van der Waals surface area contributed by atoms with E-state index in [1.165, 1.54) is 18.9 Å². The van der Waals surface area contributed by atoms with Gasteiger partial charge < -0.3 is 19.5 Å². The fourth-order valence-corrected chi connectivity index (χ4v) is 2.52. The minimum absolute atomic E-state index is 0.00720. The molecule has 0 saturated heterocycles. The fourth-order valence-electron chi connectivity index (χ4n) is 2.52. The molecule has 26 heavy (non-hydrogen) atoms. The van der Waals surface area contributed by atoms with Gasteiger partial charge in [0.2, 0.25) is 0 Å². The molecule has 2 rings (SSSR count). The number of ether oxygens (including phenoxy) is 3. The molecule has 0 aliphatic carbocycles. The van der Waals surface area contributed by atoms with Gasteiger partial charge >= 0.3 is 5.97 Å². The van der Waals surface area contributed by atoms with E-state index in [4.69, 9.17) is 14.2 Å². The van der Waals surface area contributed by atoms with E-state index in [1.807, 2.05) is 0 Å². The van der Waals surface area contributed by atoms with Crippen LogP contribution in [-0.2, 0) is 16.1 Å². The summed E-state index contributed by atoms with van der Waals surface area (Å²) in [5, 5.41) is 7.14. The van der Waals surface area contributed by atoms with Crippen molar-refractivity contribution >= 4 is 17.6 Å². The number of rotatable bonds is 7. The molecule has 0 unspecified atom stereocenters. The molecule has 1 amide bonds. The van der Waals surface area contributed by atoms with Crippen LogP contribution < -0.4 is 14.8 Å². The van der Waals surface area contributed by atoms with E-state index >= 15 is 0 Å². The van der Waals surface area contributed by atoms with Gasteiger partial charge in [0, 0.05) is 5.56 Å². The number of hydrogen-bond acceptors (Lipinski definition) is 6. The lowest BCUT2D eigenvalue weighted by Crippen LogP contribution is -2.16. The Hall–Kier alpha value is -3.03. The van der Waals surface area contributed by atoms with Gasteiger partial charge in [-0.3, -0.25) is 14.3 Å². The van der Waals surface area contributed by atoms with Crippen molar-refractivity contribution in [1.29, 1.82) is 0 Å². The molecule has 0 bridgehead atoms. The van der Waals surface area contributed by atoms with Crippen LogP contribution in [0.25, 0.3) is 0 Å². The van der Waals surface area contributed by atoms with E-state index in [0.717, 1.165) is 0 Å². The Bertz CT molecular complexity index is 813. The zero-order valence-electron chi connectivity index (χ0n) is 15.6. The molecule has 0 atom stereocenters. The molecule has 1 aromatic heterocycles. The summed E-state index contributed by atoms with van der Waals surface area (Å²) in [5.74, 6) is 0.314. The van der Waals surface area contributed by atoms with Crippen molar-refractivity contribution in [3.05, 3.63) is 35.2 Å². The van der Waals surface area contributed by atoms with Crippen molar-refractivity contribution < 1.29 is 23.8 Å². The number of carbonyl (C=O) groups is 2. The Morgan fingerprint density at radius 3 is 2.46 bits per heavy atom. The minimum atomic E-state index is -0.379. The number of carbonyl (C=O) groups excluding carboxylic acids is 2. The number of nitrogens with one attached hydrogen (secondary N) is 1. The molecule has 0 fully saturated rings. The van der Waals surface area contributed by atoms with Crippen LogP contribution in [0.3, 0.4) is 0 Å². The largest absolute Gasteiger partial charge is 0.493 e. The Kier molecular flexibility index (Phi) is 6.21. The highest BCUT2D eigenvalue weighted by Gasteiger charge is 2.18. The van der Waals surface area contributed by atoms with Gasteiger partial charge in [0.25, 0.3) is 5.91 Å². The van der Waals surface area contributed by atoms with Gasteiger partial charge in [-0.05, 0) is 39.0 Å². The second kappa shape index (κ2) is 8.37. The normalized spacial score (nSPS) is 10.3. The average Bonchev–Trinajstić information content (AvgIpc) is 2.88. The maximum atomic E-state index is 12.6. The van der Waals surface area contributed by atoms with Crippen molar-refractivity contribution in [2.75, 3.05) is 26.1 Å². The van der Waals surface area contributed by atoms with E-state index in [9.17, 15) is 9.59 Å². The number of aryl methyl sites for hydroxylation is 1. The molecule has 0 radical (unpaired) electrons. The van der Waals surface area contributed by atoms with Crippen LogP contribution in [0.15, 0.2) is 18.2 Å². The summed E-state index contributed by atoms with van der Waals surface area (Å²) in [7, 11) is 3.04. The van der Waals surface area contributed by atoms with Crippen LogP contribution >= 0.6 is 0 Å². The number of benzene rings is 1. The van der Waals surface area contributed by atoms with Gasteiger partial charge in [-0.2, -0.15) is 5.10 Å². The summed E-state index contributed by atoms with van der Waals surface area (Å²) < 4.78 is 16.8. The number of amides is 1. The summed E-state index contributed by atoms with van der Waals surface area (Å²) in [4.78, 5) is 24.2. The van der Waals surface area contributed by atoms with Crippen molar-refractivity contribution in [2.45, 2.75) is 27.3 Å². The van der Waals surface area contributed by atoms with E-state index < -0.39 is 0 Å². The Labute approximate surface area is 152 Å². The summed E-state index contributed by atoms with van der Waals surface area (Å²) in [6.07, 6.45) is 0. The van der Waals surface area contributed by atoms with E-state index in [1.54, 1.807) is 39.0 Å². The number of aromatic nitrogens is 2. The monoisotopic (exact) mass is 361 g/mol. The molecule has 140 valence electrons. The lowest BCUT2D eigenvalue weighted by atomic mass is 10.1. The quantitative estimate of drug-likeness (QED) is 0.761. The summed E-state index contributed by atoms with van der Waals surface area (Å²) in [6.45, 7) is 5.59. The number of anilines is 1. The SMILES string of the molecule is CCOC(=O)Cn1nc(C)c(NC(=O)c2ccc(OC)c(OC)c2)c1C. The molecule has 8 nitrogen and oxygen atoms in total. The van der Waals surface area contributed by atoms with E-state index in [0.29, 0.717) is 40.7 Å². The van der Waals surface area contributed by atoms with Crippen molar-refractivity contribution in [2.24, 2.45) is 0 Å². The highest BCUT2D eigenvalue weighted by atomic mass is 16.5. The number of esters is 1. The molecule has 0 aliphatic heterocycles. The third-order valence-corrected chi connectivity index (χ3v) is 3.85. The molecule has 0 spiro atoms. The third kappa shape index (κ3) is 4.14. The number of methoxy groups -OCH3 is 2. The second-order valence-corrected chi connectivity index (χ2v) is 5.53.